The second kappa shape index (κ2) is 44.3. The maximum atomic E-state index is 4.57. The number of hydrogen-bond acceptors (Lipinski definition) is 0. The van der Waals surface area contributed by atoms with Gasteiger partial charge in [0, 0.05) is 0 Å². The van der Waals surface area contributed by atoms with E-state index in [-0.39, 0.29) is 11.0 Å². The van der Waals surface area contributed by atoms with Crippen molar-refractivity contribution in [1.82, 2.24) is 0 Å². The minimum absolute atomic E-state index is 0. The summed E-state index contributed by atoms with van der Waals surface area (Å²) in [4.78, 5) is 0. The Morgan fingerprint density at radius 1 is 1.00 bits per heavy atom. The van der Waals surface area contributed by atoms with Crippen LogP contribution in [-0.4, -0.2) is 11.0 Å². The Bertz CT molecular complexity index is 6.00. The summed E-state index contributed by atoms with van der Waals surface area (Å²) in [6.07, 6.45) is 0. The molecule has 0 spiro atoms. The minimum atomic E-state index is 0. The van der Waals surface area contributed by atoms with Crippen molar-refractivity contribution in [2.45, 2.75) is 0 Å². The standard InChI is InChI=1S/ClH.2H2O.Ru/h1H;2*1H2;/q;;;+1/p-1. The Labute approximate surface area is 38.5 Å². The molecule has 0 rings (SSSR count). The molecule has 0 saturated carbocycles. The van der Waals surface area contributed by atoms with E-state index in [4.69, 9.17) is 0 Å². The molecule has 0 aliphatic heterocycles. The Morgan fingerprint density at radius 2 is 1.00 bits per heavy atom. The van der Waals surface area contributed by atoms with E-state index in [1.165, 1.54) is 0 Å². The third-order valence-electron chi connectivity index (χ3n) is 0. The van der Waals surface area contributed by atoms with E-state index < -0.39 is 0 Å². The average molecular weight is 173 g/mol. The summed E-state index contributed by atoms with van der Waals surface area (Å²) in [6.45, 7) is 0. The first-order chi connectivity index (χ1) is 1.00. The Balaban J connectivity index is -0.00000000500. The molecule has 0 atom stereocenters. The summed E-state index contributed by atoms with van der Waals surface area (Å²) in [7, 11) is 4.57. The van der Waals surface area contributed by atoms with E-state index in [1.807, 2.05) is 17.3 Å². The second-order valence-corrected chi connectivity index (χ2v) is 0. The normalized spacial score (nSPS) is 1.50. The second-order valence-electron chi connectivity index (χ2n) is 0. The molecule has 0 amide bonds. The molecule has 4 N–H and O–H groups in total. The van der Waals surface area contributed by atoms with Crippen molar-refractivity contribution in [3.05, 3.63) is 0 Å². The van der Waals surface area contributed by atoms with Crippen molar-refractivity contribution in [2.24, 2.45) is 0 Å². The summed E-state index contributed by atoms with van der Waals surface area (Å²) >= 11 is 1.82. The van der Waals surface area contributed by atoms with Crippen LogP contribution in [0.4, 0.5) is 0 Å². The molecular formula is H4ClO2Ru. The molecule has 2 nitrogen and oxygen atoms in total. The number of halogens is 1. The molecule has 31 valence electrons. The predicted octanol–water partition coefficient (Wildman–Crippen LogP) is -0.962. The summed E-state index contributed by atoms with van der Waals surface area (Å²) in [5, 5.41) is 0. The summed E-state index contributed by atoms with van der Waals surface area (Å²) in [5.74, 6) is 0. The van der Waals surface area contributed by atoms with Gasteiger partial charge in [0.15, 0.2) is 0 Å². The van der Waals surface area contributed by atoms with Crippen LogP contribution in [0.15, 0.2) is 0 Å². The van der Waals surface area contributed by atoms with Crippen molar-refractivity contribution >= 4 is 9.69 Å². The number of hydrogen-bond donors (Lipinski definition) is 0. The van der Waals surface area contributed by atoms with Gasteiger partial charge >= 0.3 is 27.0 Å². The first kappa shape index (κ1) is 21.1. The van der Waals surface area contributed by atoms with Crippen LogP contribution in [0.5, 0.6) is 0 Å². The molecule has 0 heterocycles. The molecule has 0 aliphatic carbocycles. The third kappa shape index (κ3) is 13.7. The van der Waals surface area contributed by atoms with Gasteiger partial charge in [-0.2, -0.15) is 0 Å². The van der Waals surface area contributed by atoms with Crippen LogP contribution in [0.25, 0.3) is 0 Å². The van der Waals surface area contributed by atoms with Gasteiger partial charge in [0.25, 0.3) is 0 Å². The molecule has 0 aromatic carbocycles. The van der Waals surface area contributed by atoms with Gasteiger partial charge in [-0.25, -0.2) is 0 Å². The fourth-order valence-corrected chi connectivity index (χ4v) is 0. The van der Waals surface area contributed by atoms with Crippen molar-refractivity contribution in [1.29, 1.82) is 0 Å². The molecule has 0 aromatic rings. The molecule has 4 heavy (non-hydrogen) atoms. The van der Waals surface area contributed by atoms with Gasteiger partial charge in [0.05, 0.1) is 0 Å². The fourth-order valence-electron chi connectivity index (χ4n) is 0. The van der Waals surface area contributed by atoms with Gasteiger partial charge in [0.1, 0.15) is 0 Å². The van der Waals surface area contributed by atoms with Crippen LogP contribution in [0.1, 0.15) is 0 Å². The maximum absolute atomic E-state index is 4.57. The van der Waals surface area contributed by atoms with E-state index >= 15 is 0 Å². The van der Waals surface area contributed by atoms with E-state index in [0.29, 0.717) is 0 Å². The fraction of sp³-hybridized carbons (Fsp3) is 0. The van der Waals surface area contributed by atoms with E-state index in [1.54, 1.807) is 0 Å². The molecule has 0 bridgehead atoms. The first-order valence-corrected chi connectivity index (χ1v) is 2.37. The molecule has 0 unspecified atom stereocenters. The Kier molecular flexibility index (Phi) is 234. The zero-order valence-electron chi connectivity index (χ0n) is 1.73. The summed E-state index contributed by atoms with van der Waals surface area (Å²) in [6, 6.07) is 0. The molecule has 4 heteroatoms. The van der Waals surface area contributed by atoms with E-state index in [9.17, 15) is 0 Å². The van der Waals surface area contributed by atoms with Gasteiger partial charge in [-0.1, -0.05) is 0 Å². The van der Waals surface area contributed by atoms with Crippen LogP contribution in [0.3, 0.4) is 0 Å². The zero-order valence-corrected chi connectivity index (χ0v) is 4.23. The quantitative estimate of drug-likeness (QED) is 0.423. The van der Waals surface area contributed by atoms with Crippen LogP contribution in [-0.2, 0) is 17.3 Å². The van der Waals surface area contributed by atoms with Crippen LogP contribution in [0, 0.1) is 0 Å². The van der Waals surface area contributed by atoms with Crippen LogP contribution >= 0.6 is 9.69 Å². The predicted molar refractivity (Wildman–Crippen MR) is 13.1 cm³/mol. The first-order valence-electron chi connectivity index (χ1n) is 0.134. The Hall–Kier alpha value is 0.833. The van der Waals surface area contributed by atoms with Crippen molar-refractivity contribution in [2.75, 3.05) is 0 Å². The molecule has 0 radical (unpaired) electrons. The van der Waals surface area contributed by atoms with E-state index in [2.05, 4.69) is 9.69 Å². The molecular weight excluding hydrogens is 169 g/mol. The molecule has 0 aromatic heterocycles. The number of rotatable bonds is 0. The van der Waals surface area contributed by atoms with Gasteiger partial charge in [0.2, 0.25) is 0 Å². The average Bonchev–Trinajstić information content (AvgIpc) is 1.00. The topological polar surface area (TPSA) is 63.0 Å². The van der Waals surface area contributed by atoms with E-state index in [0.717, 1.165) is 0 Å². The van der Waals surface area contributed by atoms with Gasteiger partial charge < -0.3 is 11.0 Å². The molecule has 0 fully saturated rings. The van der Waals surface area contributed by atoms with Gasteiger partial charge in [-0.3, -0.25) is 0 Å². The SMILES string of the molecule is O.O.[Cl][Ru]. The van der Waals surface area contributed by atoms with Gasteiger partial charge in [-0.05, 0) is 0 Å². The van der Waals surface area contributed by atoms with Crippen molar-refractivity contribution in [3.63, 3.8) is 0 Å². The van der Waals surface area contributed by atoms with Crippen LogP contribution in [0.2, 0.25) is 0 Å². The van der Waals surface area contributed by atoms with Crippen molar-refractivity contribution in [3.8, 4) is 0 Å². The Morgan fingerprint density at radius 3 is 1.00 bits per heavy atom. The van der Waals surface area contributed by atoms with Crippen molar-refractivity contribution < 1.29 is 28.3 Å². The molecule has 0 saturated heterocycles. The van der Waals surface area contributed by atoms with Gasteiger partial charge in [-0.15, -0.1) is 0 Å². The van der Waals surface area contributed by atoms with Crippen LogP contribution < -0.4 is 0 Å². The molecule has 0 aliphatic rings. The summed E-state index contributed by atoms with van der Waals surface area (Å²) < 4.78 is 0. The monoisotopic (exact) mass is 173 g/mol. The zero-order chi connectivity index (χ0) is 2.00. The summed E-state index contributed by atoms with van der Waals surface area (Å²) in [5.41, 5.74) is 0. The third-order valence-corrected chi connectivity index (χ3v) is 0.